The summed E-state index contributed by atoms with van der Waals surface area (Å²) in [4.78, 5) is 0. The molecular weight excluding hydrogens is 541 g/mol. The number of hydrogen-bond donors (Lipinski definition) is 0. The summed E-state index contributed by atoms with van der Waals surface area (Å²) in [5.41, 5.74) is 0.620. The first kappa shape index (κ1) is 33.9. The Bertz CT molecular complexity index is 502. The molecule has 0 saturated carbocycles. The van der Waals surface area contributed by atoms with E-state index in [1.165, 1.54) is 42.7 Å². The van der Waals surface area contributed by atoms with Crippen molar-refractivity contribution >= 4 is 72.3 Å². The highest BCUT2D eigenvalue weighted by Gasteiger charge is 2.54. The third kappa shape index (κ3) is 9.07. The second kappa shape index (κ2) is 14.0. The maximum atomic E-state index is 7.30. The van der Waals surface area contributed by atoms with Gasteiger partial charge in [0.25, 0.3) is 0 Å². The van der Waals surface area contributed by atoms with Crippen LogP contribution in [0.2, 0.25) is 74.5 Å². The molecule has 0 aromatic carbocycles. The van der Waals surface area contributed by atoms with Crippen molar-refractivity contribution in [3.05, 3.63) is 0 Å². The van der Waals surface area contributed by atoms with Crippen molar-refractivity contribution < 1.29 is 4.12 Å². The van der Waals surface area contributed by atoms with E-state index in [-0.39, 0.29) is 0 Å². The van der Waals surface area contributed by atoms with Gasteiger partial charge in [-0.15, -0.1) is 33.2 Å². The first-order valence-corrected chi connectivity index (χ1v) is 29.6. The summed E-state index contributed by atoms with van der Waals surface area (Å²) in [6.45, 7) is 27.1. The van der Waals surface area contributed by atoms with E-state index in [9.17, 15) is 0 Å². The zero-order valence-electron chi connectivity index (χ0n) is 23.1. The maximum Gasteiger partial charge on any atom is 0.341 e. The molecular formula is C22H54Cl3NOSi5. The molecule has 0 aliphatic carbocycles. The van der Waals surface area contributed by atoms with E-state index < -0.39 is 39.1 Å². The van der Waals surface area contributed by atoms with E-state index in [0.717, 1.165) is 18.5 Å². The van der Waals surface area contributed by atoms with Crippen LogP contribution in [0, 0.1) is 0 Å². The van der Waals surface area contributed by atoms with Gasteiger partial charge in [0.15, 0.2) is 16.6 Å². The molecule has 10 heteroatoms. The smallest absolute Gasteiger partial charge is 0.341 e. The van der Waals surface area contributed by atoms with Gasteiger partial charge in [0.05, 0.1) is 0 Å². The van der Waals surface area contributed by atoms with Crippen LogP contribution in [0.4, 0.5) is 0 Å². The summed E-state index contributed by atoms with van der Waals surface area (Å²) in [6, 6.07) is 7.49. The van der Waals surface area contributed by atoms with Gasteiger partial charge in [-0.25, -0.2) is 0 Å². The van der Waals surface area contributed by atoms with E-state index in [1.54, 1.807) is 0 Å². The molecule has 0 aromatic heterocycles. The van der Waals surface area contributed by atoms with Crippen molar-refractivity contribution in [3.63, 3.8) is 0 Å². The average Bonchev–Trinajstić information content (AvgIpc) is 2.69. The molecule has 0 bridgehead atoms. The first-order chi connectivity index (χ1) is 14.6. The van der Waals surface area contributed by atoms with E-state index in [1.807, 2.05) is 0 Å². The molecule has 32 heavy (non-hydrogen) atoms. The van der Waals surface area contributed by atoms with E-state index in [4.69, 9.17) is 37.4 Å². The lowest BCUT2D eigenvalue weighted by molar-refractivity contribution is 0.428. The fourth-order valence-corrected chi connectivity index (χ4v) is 34.7. The Kier molecular flexibility index (Phi) is 14.8. The van der Waals surface area contributed by atoms with Crippen LogP contribution in [-0.4, -0.2) is 49.0 Å². The first-order valence-electron chi connectivity index (χ1n) is 13.2. The van der Waals surface area contributed by atoms with Crippen LogP contribution >= 0.6 is 33.2 Å². The molecule has 0 aliphatic heterocycles. The Hall–Kier alpha value is 1.87. The van der Waals surface area contributed by atoms with Gasteiger partial charge in [-0.2, -0.15) is 0 Å². The highest BCUT2D eigenvalue weighted by molar-refractivity contribution is 7.64. The summed E-state index contributed by atoms with van der Waals surface area (Å²) >= 11 is 18.5. The van der Waals surface area contributed by atoms with Gasteiger partial charge in [-0.3, -0.25) is 0 Å². The molecule has 0 spiro atoms. The average molecular weight is 595 g/mol. The van der Waals surface area contributed by atoms with Gasteiger partial charge in [-0.05, 0) is 81.0 Å². The van der Waals surface area contributed by atoms with Crippen molar-refractivity contribution in [1.82, 2.24) is 4.23 Å². The largest absolute Gasteiger partial charge is 0.454 e. The summed E-state index contributed by atoms with van der Waals surface area (Å²) in [6.07, 6.45) is 2.20. The number of rotatable bonds is 17. The third-order valence-corrected chi connectivity index (χ3v) is 32.9. The quantitative estimate of drug-likeness (QED) is 0.123. The van der Waals surface area contributed by atoms with Gasteiger partial charge in [0.2, 0.25) is 0 Å². The molecule has 0 saturated heterocycles. The molecule has 0 heterocycles. The van der Waals surface area contributed by atoms with Crippen LogP contribution in [0.5, 0.6) is 0 Å². The van der Waals surface area contributed by atoms with Crippen LogP contribution in [0.25, 0.3) is 0 Å². The molecule has 2 nitrogen and oxygen atoms in total. The Labute approximate surface area is 221 Å². The van der Waals surface area contributed by atoms with Crippen LogP contribution in [0.1, 0.15) is 61.3 Å². The number of halogens is 3. The molecule has 1 atom stereocenters. The van der Waals surface area contributed by atoms with Gasteiger partial charge in [-0.1, -0.05) is 54.9 Å². The summed E-state index contributed by atoms with van der Waals surface area (Å²) < 4.78 is 10.6. The second-order valence-corrected chi connectivity index (χ2v) is 39.3. The third-order valence-electron chi connectivity index (χ3n) is 8.25. The number of nitrogens with zero attached hydrogens (tertiary/aromatic N) is 1. The van der Waals surface area contributed by atoms with E-state index >= 15 is 0 Å². The molecule has 0 N–H and O–H groups in total. The standard InChI is InChI=1S/C22H54Cl3NOSi5/c1-12-22(29(10,11)27-28(8,9)20-19-21-32(23,24)25)26(30(13-2,14-3)15-4)31(16-5,17-6)18-7/h22H,12-21H2,1-11H3. The fraction of sp³-hybridized carbons (Fsp3) is 1.00. The van der Waals surface area contributed by atoms with Crippen molar-refractivity contribution in [2.24, 2.45) is 0 Å². The van der Waals surface area contributed by atoms with Crippen LogP contribution in [0.15, 0.2) is 0 Å². The molecule has 0 aliphatic rings. The Morgan fingerprint density at radius 3 is 1.31 bits per heavy atom. The van der Waals surface area contributed by atoms with Gasteiger partial charge < -0.3 is 8.35 Å². The molecule has 0 radical (unpaired) electrons. The van der Waals surface area contributed by atoms with Gasteiger partial charge >= 0.3 is 6.00 Å². The van der Waals surface area contributed by atoms with Crippen molar-refractivity contribution in [2.75, 3.05) is 0 Å². The highest BCUT2D eigenvalue weighted by atomic mass is 35.8. The Morgan fingerprint density at radius 1 is 0.656 bits per heavy atom. The topological polar surface area (TPSA) is 12.5 Å². The van der Waals surface area contributed by atoms with Gasteiger partial charge in [0.1, 0.15) is 16.5 Å². The van der Waals surface area contributed by atoms with Crippen LogP contribution in [-0.2, 0) is 4.12 Å². The van der Waals surface area contributed by atoms with E-state index in [0.29, 0.717) is 5.67 Å². The normalized spacial score (nSPS) is 15.5. The number of hydrogen-bond acceptors (Lipinski definition) is 2. The van der Waals surface area contributed by atoms with Crippen LogP contribution in [0.3, 0.4) is 0 Å². The van der Waals surface area contributed by atoms with Crippen molar-refractivity contribution in [1.29, 1.82) is 0 Å². The lowest BCUT2D eigenvalue weighted by Gasteiger charge is -2.59. The minimum atomic E-state index is -2.54. The SMILES string of the molecule is CCC(N([Si](CC)(CC)CC)[Si](CC)(CC)CC)[Si](C)(C)O[Si](C)(C)CCC[Si](Cl)(Cl)Cl. The summed E-state index contributed by atoms with van der Waals surface area (Å²) in [7, 11) is -6.90. The zero-order valence-corrected chi connectivity index (χ0v) is 30.4. The predicted molar refractivity (Wildman–Crippen MR) is 164 cm³/mol. The summed E-state index contributed by atoms with van der Waals surface area (Å²) in [5.74, 6) is 0. The van der Waals surface area contributed by atoms with Crippen LogP contribution < -0.4 is 0 Å². The molecule has 0 rings (SSSR count). The van der Waals surface area contributed by atoms with Gasteiger partial charge in [0, 0.05) is 5.67 Å². The maximum absolute atomic E-state index is 7.30. The molecule has 1 unspecified atom stereocenters. The minimum absolute atomic E-state index is 0.620. The van der Waals surface area contributed by atoms with Crippen molar-refractivity contribution in [3.8, 4) is 0 Å². The lowest BCUT2D eigenvalue weighted by atomic mass is 10.5. The lowest BCUT2D eigenvalue weighted by Crippen LogP contribution is -2.74. The minimum Gasteiger partial charge on any atom is -0.454 e. The zero-order chi connectivity index (χ0) is 25.4. The van der Waals surface area contributed by atoms with E-state index in [2.05, 4.69) is 78.9 Å². The molecule has 0 fully saturated rings. The summed E-state index contributed by atoms with van der Waals surface area (Å²) in [5, 5.41) is 0. The molecule has 0 amide bonds. The highest BCUT2D eigenvalue weighted by Crippen LogP contribution is 2.41. The molecule has 194 valence electrons. The fourth-order valence-electron chi connectivity index (χ4n) is 6.22. The Balaban J connectivity index is 6.24. The molecule has 0 aromatic rings. The van der Waals surface area contributed by atoms with Crippen molar-refractivity contribution in [2.45, 2.75) is 142 Å². The second-order valence-electron chi connectivity index (χ2n) is 10.8. The Morgan fingerprint density at radius 2 is 1.03 bits per heavy atom. The predicted octanol–water partition coefficient (Wildman–Crippen LogP) is 10.1. The monoisotopic (exact) mass is 593 g/mol.